The lowest BCUT2D eigenvalue weighted by Crippen LogP contribution is -2.01. The Morgan fingerprint density at radius 3 is 2.20 bits per heavy atom. The largest absolute Gasteiger partial charge is 0.384 e. The maximum atomic E-state index is 10.6. The number of hydrogen-bond acceptors (Lipinski definition) is 3. The van der Waals surface area contributed by atoms with Gasteiger partial charge in [-0.25, -0.2) is 0 Å². The fourth-order valence-corrected chi connectivity index (χ4v) is 1.85. The summed E-state index contributed by atoms with van der Waals surface area (Å²) in [5.41, 5.74) is 1.66. The van der Waals surface area contributed by atoms with E-state index in [9.17, 15) is 8.42 Å². The quantitative estimate of drug-likeness (QED) is 0.773. The molecule has 0 aliphatic carbocycles. The van der Waals surface area contributed by atoms with Crippen LogP contribution in [0.5, 0.6) is 0 Å². The number of rotatable bonds is 5. The molecule has 1 aromatic carbocycles. The summed E-state index contributed by atoms with van der Waals surface area (Å²) in [4.78, 5) is 0. The van der Waals surface area contributed by atoms with Gasteiger partial charge in [-0.2, -0.15) is 8.42 Å². The van der Waals surface area contributed by atoms with E-state index >= 15 is 0 Å². The molecule has 0 aliphatic heterocycles. The van der Waals surface area contributed by atoms with Gasteiger partial charge in [0.15, 0.2) is 0 Å². The van der Waals surface area contributed by atoms with E-state index in [1.165, 1.54) is 0 Å². The summed E-state index contributed by atoms with van der Waals surface area (Å²) in [7, 11) is -2.30. The molecule has 1 rings (SSSR count). The van der Waals surface area contributed by atoms with Crippen LogP contribution in [0.3, 0.4) is 0 Å². The average Bonchev–Trinajstić information content (AvgIpc) is 2.14. The van der Waals surface area contributed by atoms with E-state index in [-0.39, 0.29) is 5.75 Å². The molecule has 0 saturated heterocycles. The minimum atomic E-state index is -3.93. The van der Waals surface area contributed by atoms with Gasteiger partial charge in [0.25, 0.3) is 10.1 Å². The smallest absolute Gasteiger partial charge is 0.269 e. The zero-order chi connectivity index (χ0) is 11.3. The third kappa shape index (κ3) is 4.92. The molecule has 0 amide bonds. The lowest BCUT2D eigenvalue weighted by atomic mass is 10.1. The molecule has 0 aliphatic rings. The van der Waals surface area contributed by atoms with Crippen molar-refractivity contribution in [2.45, 2.75) is 12.2 Å². The van der Waals surface area contributed by atoms with E-state index in [0.29, 0.717) is 12.2 Å². The van der Waals surface area contributed by atoms with Crippen LogP contribution in [0, 0.1) is 0 Å². The molecule has 0 atom stereocenters. The molecule has 15 heavy (non-hydrogen) atoms. The zero-order valence-corrected chi connectivity index (χ0v) is 9.33. The van der Waals surface area contributed by atoms with Gasteiger partial charge in [0.2, 0.25) is 0 Å². The molecular formula is C10H14O4S. The van der Waals surface area contributed by atoms with Crippen molar-refractivity contribution in [3.63, 3.8) is 0 Å². The third-order valence-electron chi connectivity index (χ3n) is 1.97. The van der Waals surface area contributed by atoms with Crippen molar-refractivity contribution in [3.8, 4) is 0 Å². The summed E-state index contributed by atoms with van der Waals surface area (Å²) in [5.74, 6) is -0.336. The standard InChI is InChI=1S/C10H14O4S/c1-14-7-6-9-2-4-10(5-3-9)8-15(11,12)13/h2-5H,6-8H2,1H3,(H,11,12,13). The zero-order valence-electron chi connectivity index (χ0n) is 8.51. The van der Waals surface area contributed by atoms with E-state index in [2.05, 4.69) is 0 Å². The van der Waals surface area contributed by atoms with E-state index in [4.69, 9.17) is 9.29 Å². The Labute approximate surface area is 89.6 Å². The normalized spacial score (nSPS) is 11.6. The second-order valence-electron chi connectivity index (χ2n) is 3.29. The molecule has 4 nitrogen and oxygen atoms in total. The first-order valence-corrected chi connectivity index (χ1v) is 6.14. The van der Waals surface area contributed by atoms with E-state index in [1.807, 2.05) is 12.1 Å². The Kier molecular flexibility index (Phi) is 4.26. The highest BCUT2D eigenvalue weighted by Gasteiger charge is 2.05. The van der Waals surface area contributed by atoms with E-state index in [0.717, 1.165) is 12.0 Å². The van der Waals surface area contributed by atoms with Crippen molar-refractivity contribution in [2.75, 3.05) is 13.7 Å². The molecular weight excluding hydrogens is 216 g/mol. The van der Waals surface area contributed by atoms with Crippen molar-refractivity contribution in [1.82, 2.24) is 0 Å². The van der Waals surface area contributed by atoms with Crippen LogP contribution >= 0.6 is 0 Å². The summed E-state index contributed by atoms with van der Waals surface area (Å²) in [6.07, 6.45) is 0.794. The summed E-state index contributed by atoms with van der Waals surface area (Å²) in [6.45, 7) is 0.637. The predicted molar refractivity (Wildman–Crippen MR) is 57.3 cm³/mol. The molecule has 1 aromatic rings. The van der Waals surface area contributed by atoms with Gasteiger partial charge in [0.05, 0.1) is 6.61 Å². The molecule has 84 valence electrons. The average molecular weight is 230 g/mol. The number of benzene rings is 1. The molecule has 0 aromatic heterocycles. The molecule has 0 bridgehead atoms. The van der Waals surface area contributed by atoms with Gasteiger partial charge in [-0.3, -0.25) is 4.55 Å². The summed E-state index contributed by atoms with van der Waals surface area (Å²) >= 11 is 0. The van der Waals surface area contributed by atoms with Crippen LogP contribution in [-0.2, 0) is 27.0 Å². The first-order valence-electron chi connectivity index (χ1n) is 4.53. The maximum absolute atomic E-state index is 10.6. The van der Waals surface area contributed by atoms with Gasteiger partial charge in [0, 0.05) is 7.11 Å². The molecule has 0 radical (unpaired) electrons. The minimum Gasteiger partial charge on any atom is -0.384 e. The summed E-state index contributed by atoms with van der Waals surface area (Å²) in [5, 5.41) is 0. The third-order valence-corrected chi connectivity index (χ3v) is 2.67. The second-order valence-corrected chi connectivity index (χ2v) is 4.74. The highest BCUT2D eigenvalue weighted by atomic mass is 32.2. The molecule has 1 N–H and O–H groups in total. The lowest BCUT2D eigenvalue weighted by Gasteiger charge is -2.02. The Morgan fingerprint density at radius 2 is 1.73 bits per heavy atom. The minimum absolute atomic E-state index is 0.336. The second kappa shape index (κ2) is 5.25. The van der Waals surface area contributed by atoms with Crippen LogP contribution < -0.4 is 0 Å². The number of ether oxygens (including phenoxy) is 1. The molecule has 0 spiro atoms. The van der Waals surface area contributed by atoms with Crippen molar-refractivity contribution in [3.05, 3.63) is 35.4 Å². The topological polar surface area (TPSA) is 63.6 Å². The van der Waals surface area contributed by atoms with Gasteiger partial charge in [-0.1, -0.05) is 24.3 Å². The Balaban J connectivity index is 2.64. The van der Waals surface area contributed by atoms with Gasteiger partial charge < -0.3 is 4.74 Å². The Bertz CT molecular complexity index is 394. The Morgan fingerprint density at radius 1 is 1.20 bits per heavy atom. The molecule has 0 saturated carbocycles. The Hall–Kier alpha value is -0.910. The molecule has 5 heteroatoms. The fraction of sp³-hybridized carbons (Fsp3) is 0.400. The van der Waals surface area contributed by atoms with Crippen LogP contribution in [0.2, 0.25) is 0 Å². The van der Waals surface area contributed by atoms with E-state index < -0.39 is 10.1 Å². The maximum Gasteiger partial charge on any atom is 0.269 e. The van der Waals surface area contributed by atoms with Crippen molar-refractivity contribution < 1.29 is 17.7 Å². The first kappa shape index (κ1) is 12.2. The van der Waals surface area contributed by atoms with Crippen molar-refractivity contribution in [1.29, 1.82) is 0 Å². The molecule has 0 fully saturated rings. The highest BCUT2D eigenvalue weighted by Crippen LogP contribution is 2.08. The predicted octanol–water partition coefficient (Wildman–Crippen LogP) is 1.26. The van der Waals surface area contributed by atoms with Gasteiger partial charge in [-0.05, 0) is 17.5 Å². The van der Waals surface area contributed by atoms with Crippen molar-refractivity contribution in [2.24, 2.45) is 0 Å². The summed E-state index contributed by atoms with van der Waals surface area (Å²) < 4.78 is 34.7. The van der Waals surface area contributed by atoms with Gasteiger partial charge in [-0.15, -0.1) is 0 Å². The van der Waals surface area contributed by atoms with E-state index in [1.54, 1.807) is 19.2 Å². The monoisotopic (exact) mass is 230 g/mol. The van der Waals surface area contributed by atoms with Crippen LogP contribution in [-0.4, -0.2) is 26.7 Å². The first-order chi connectivity index (χ1) is 7.01. The van der Waals surface area contributed by atoms with Crippen LogP contribution in [0.15, 0.2) is 24.3 Å². The number of hydrogen-bond donors (Lipinski definition) is 1. The number of methoxy groups -OCH3 is 1. The van der Waals surface area contributed by atoms with Gasteiger partial charge in [0.1, 0.15) is 5.75 Å². The van der Waals surface area contributed by atoms with Crippen LogP contribution in [0.4, 0.5) is 0 Å². The SMILES string of the molecule is COCCc1ccc(CS(=O)(=O)O)cc1. The molecule has 0 heterocycles. The highest BCUT2D eigenvalue weighted by molar-refractivity contribution is 7.85. The van der Waals surface area contributed by atoms with Crippen molar-refractivity contribution >= 4 is 10.1 Å². The lowest BCUT2D eigenvalue weighted by molar-refractivity contribution is 0.202. The van der Waals surface area contributed by atoms with Crippen LogP contribution in [0.1, 0.15) is 11.1 Å². The molecule has 0 unspecified atom stereocenters. The fourth-order valence-electron chi connectivity index (χ4n) is 1.23. The van der Waals surface area contributed by atoms with Gasteiger partial charge >= 0.3 is 0 Å². The van der Waals surface area contributed by atoms with Crippen LogP contribution in [0.25, 0.3) is 0 Å². The summed E-state index contributed by atoms with van der Waals surface area (Å²) in [6, 6.07) is 7.05.